The average Bonchev–Trinajstić information content (AvgIpc) is 3.39. The Morgan fingerprint density at radius 2 is 1.87 bits per heavy atom. The highest BCUT2D eigenvalue weighted by Gasteiger charge is 2.77. The van der Waals surface area contributed by atoms with Crippen LogP contribution in [0.4, 0.5) is 10.1 Å². The molecule has 31 heavy (non-hydrogen) atoms. The van der Waals surface area contributed by atoms with E-state index in [9.17, 15) is 9.18 Å². The molecule has 2 saturated carbocycles. The molecule has 6 heteroatoms. The van der Waals surface area contributed by atoms with Crippen molar-refractivity contribution in [3.63, 3.8) is 0 Å². The van der Waals surface area contributed by atoms with Crippen molar-refractivity contribution in [3.8, 4) is 0 Å². The Morgan fingerprint density at radius 1 is 1.10 bits per heavy atom. The van der Waals surface area contributed by atoms with E-state index in [1.807, 2.05) is 12.1 Å². The van der Waals surface area contributed by atoms with Crippen LogP contribution in [0.1, 0.15) is 39.5 Å². The fraction of sp³-hybridized carbons (Fsp3) is 0.720. The molecule has 0 bridgehead atoms. The lowest BCUT2D eigenvalue weighted by molar-refractivity contribution is -0.168. The van der Waals surface area contributed by atoms with Crippen molar-refractivity contribution in [2.45, 2.75) is 56.8 Å². The Bertz CT molecular complexity index is 887. The molecule has 5 nitrogen and oxygen atoms in total. The van der Waals surface area contributed by atoms with Crippen LogP contribution < -0.4 is 4.90 Å². The zero-order valence-electron chi connectivity index (χ0n) is 18.6. The predicted molar refractivity (Wildman–Crippen MR) is 115 cm³/mol. The molecule has 0 aromatic heterocycles. The number of para-hydroxylation sites is 1. The molecule has 7 atom stereocenters. The van der Waals surface area contributed by atoms with E-state index in [-0.39, 0.29) is 35.3 Å². The minimum Gasteiger partial charge on any atom is -0.455 e. The van der Waals surface area contributed by atoms with Crippen molar-refractivity contribution in [1.29, 1.82) is 0 Å². The number of hydrogen-bond donors (Lipinski definition) is 0. The Kier molecular flexibility index (Phi) is 4.46. The summed E-state index contributed by atoms with van der Waals surface area (Å²) in [6.45, 7) is 8.52. The molecule has 3 aliphatic heterocycles. The summed E-state index contributed by atoms with van der Waals surface area (Å²) in [5, 5.41) is 0. The normalized spacial score (nSPS) is 44.3. The first-order valence-corrected chi connectivity index (χ1v) is 12.0. The second-order valence-corrected chi connectivity index (χ2v) is 10.7. The third-order valence-corrected chi connectivity index (χ3v) is 9.11. The summed E-state index contributed by atoms with van der Waals surface area (Å²) in [7, 11) is 0. The molecule has 2 aliphatic carbocycles. The highest BCUT2D eigenvalue weighted by molar-refractivity contribution is 5.77. The SMILES string of the molecule is C[C@H]1CC[C@@H]2[C@H](CN3CCN(c4ccccc4F)CC3)C(=O)O[C@@]23[C@@H]1CC[C@@]1(C)O[C@H]31. The first kappa shape index (κ1) is 20.0. The van der Waals surface area contributed by atoms with Crippen LogP contribution in [-0.4, -0.2) is 60.9 Å². The van der Waals surface area contributed by atoms with Gasteiger partial charge in [-0.15, -0.1) is 0 Å². The van der Waals surface area contributed by atoms with Crippen LogP contribution >= 0.6 is 0 Å². The number of ether oxygens (including phenoxy) is 2. The number of carbonyl (C=O) groups excluding carboxylic acids is 1. The number of rotatable bonds is 3. The van der Waals surface area contributed by atoms with Crippen molar-refractivity contribution < 1.29 is 18.7 Å². The second-order valence-electron chi connectivity index (χ2n) is 10.7. The van der Waals surface area contributed by atoms with E-state index in [0.717, 1.165) is 52.0 Å². The molecule has 1 aromatic carbocycles. The predicted octanol–water partition coefficient (Wildman–Crippen LogP) is 3.47. The number of esters is 1. The van der Waals surface area contributed by atoms with Crippen molar-refractivity contribution in [3.05, 3.63) is 30.1 Å². The molecule has 3 heterocycles. The van der Waals surface area contributed by atoms with E-state index in [2.05, 4.69) is 23.6 Å². The third-order valence-electron chi connectivity index (χ3n) is 9.11. The van der Waals surface area contributed by atoms with Crippen LogP contribution in [-0.2, 0) is 14.3 Å². The topological polar surface area (TPSA) is 45.3 Å². The van der Waals surface area contributed by atoms with Crippen molar-refractivity contribution in [1.82, 2.24) is 4.90 Å². The molecule has 3 saturated heterocycles. The van der Waals surface area contributed by atoms with Gasteiger partial charge in [0.05, 0.1) is 17.2 Å². The summed E-state index contributed by atoms with van der Waals surface area (Å²) in [5.74, 6) is 1.03. The molecule has 6 rings (SSSR count). The molecule has 5 aliphatic rings. The van der Waals surface area contributed by atoms with Gasteiger partial charge in [-0.3, -0.25) is 9.69 Å². The van der Waals surface area contributed by atoms with Gasteiger partial charge in [0, 0.05) is 44.6 Å². The van der Waals surface area contributed by atoms with Gasteiger partial charge < -0.3 is 14.4 Å². The summed E-state index contributed by atoms with van der Waals surface area (Å²) >= 11 is 0. The van der Waals surface area contributed by atoms with Crippen LogP contribution in [0.15, 0.2) is 24.3 Å². The summed E-state index contributed by atoms with van der Waals surface area (Å²) in [6, 6.07) is 6.99. The number of benzene rings is 1. The van der Waals surface area contributed by atoms with E-state index in [0.29, 0.717) is 17.5 Å². The average molecular weight is 429 g/mol. The number of anilines is 1. The Morgan fingerprint density at radius 3 is 2.65 bits per heavy atom. The highest BCUT2D eigenvalue weighted by atomic mass is 19.1. The van der Waals surface area contributed by atoms with Gasteiger partial charge in [0.1, 0.15) is 17.5 Å². The van der Waals surface area contributed by atoms with E-state index in [4.69, 9.17) is 9.47 Å². The fourth-order valence-electron chi connectivity index (χ4n) is 7.42. The smallest absolute Gasteiger partial charge is 0.311 e. The van der Waals surface area contributed by atoms with Gasteiger partial charge in [0.25, 0.3) is 0 Å². The van der Waals surface area contributed by atoms with Gasteiger partial charge >= 0.3 is 5.97 Å². The molecule has 168 valence electrons. The van der Waals surface area contributed by atoms with Crippen LogP contribution in [0.5, 0.6) is 0 Å². The lowest BCUT2D eigenvalue weighted by Gasteiger charge is -2.50. The minimum atomic E-state index is -0.401. The lowest BCUT2D eigenvalue weighted by Crippen LogP contribution is -2.58. The maximum Gasteiger partial charge on any atom is 0.311 e. The second kappa shape index (κ2) is 6.92. The molecule has 0 N–H and O–H groups in total. The third kappa shape index (κ3) is 2.90. The van der Waals surface area contributed by atoms with E-state index in [1.165, 1.54) is 12.5 Å². The standard InChI is InChI=1S/C25H33FN2O3/c1-16-7-8-19-17(22(29)30-25(19)18(16)9-10-24(2)23(25)31-24)15-27-11-13-28(14-12-27)21-6-4-3-5-20(21)26/h3-6,16-19,23H,7-15H2,1-2H3/t16-,17-,18+,19+,23-,24+,25-/m0/s1. The monoisotopic (exact) mass is 428 g/mol. The van der Waals surface area contributed by atoms with Crippen LogP contribution in [0, 0.1) is 29.5 Å². The largest absolute Gasteiger partial charge is 0.455 e. The van der Waals surface area contributed by atoms with Gasteiger partial charge in [0.2, 0.25) is 0 Å². The summed E-state index contributed by atoms with van der Waals surface area (Å²) in [6.07, 6.45) is 4.50. The van der Waals surface area contributed by atoms with Crippen LogP contribution in [0.3, 0.4) is 0 Å². The Balaban J connectivity index is 1.17. The summed E-state index contributed by atoms with van der Waals surface area (Å²) in [5.41, 5.74) is 0.186. The number of epoxide rings is 1. The fourth-order valence-corrected chi connectivity index (χ4v) is 7.42. The molecular formula is C25H33FN2O3. The van der Waals surface area contributed by atoms with Gasteiger partial charge in [0.15, 0.2) is 0 Å². The Labute approximate surface area is 183 Å². The molecular weight excluding hydrogens is 395 g/mol. The summed E-state index contributed by atoms with van der Waals surface area (Å²) < 4.78 is 26.7. The van der Waals surface area contributed by atoms with Crippen molar-refractivity contribution >= 4 is 11.7 Å². The van der Waals surface area contributed by atoms with Gasteiger partial charge in [-0.05, 0) is 50.7 Å². The number of fused-ring (bicyclic) bond motifs is 1. The van der Waals surface area contributed by atoms with Crippen LogP contribution in [0.25, 0.3) is 0 Å². The molecule has 1 spiro atoms. The minimum absolute atomic E-state index is 0.0135. The maximum absolute atomic E-state index is 14.2. The lowest BCUT2D eigenvalue weighted by atomic mass is 9.55. The number of piperazine rings is 1. The highest BCUT2D eigenvalue weighted by Crippen LogP contribution is 2.66. The van der Waals surface area contributed by atoms with E-state index in [1.54, 1.807) is 6.07 Å². The number of hydrogen-bond acceptors (Lipinski definition) is 5. The first-order valence-electron chi connectivity index (χ1n) is 12.0. The molecule has 5 fully saturated rings. The number of carbonyl (C=O) groups is 1. The number of nitrogens with zero attached hydrogens (tertiary/aromatic N) is 2. The zero-order valence-corrected chi connectivity index (χ0v) is 18.6. The molecule has 1 aromatic rings. The quantitative estimate of drug-likeness (QED) is 0.545. The first-order chi connectivity index (χ1) is 14.9. The molecule has 0 amide bonds. The van der Waals surface area contributed by atoms with Gasteiger partial charge in [-0.2, -0.15) is 0 Å². The van der Waals surface area contributed by atoms with E-state index >= 15 is 0 Å². The zero-order chi connectivity index (χ0) is 21.4. The number of halogens is 1. The Hall–Kier alpha value is -1.66. The van der Waals surface area contributed by atoms with Gasteiger partial charge in [-0.1, -0.05) is 19.1 Å². The van der Waals surface area contributed by atoms with Crippen LogP contribution in [0.2, 0.25) is 0 Å². The summed E-state index contributed by atoms with van der Waals surface area (Å²) in [4.78, 5) is 17.7. The van der Waals surface area contributed by atoms with Crippen molar-refractivity contribution in [2.75, 3.05) is 37.6 Å². The van der Waals surface area contributed by atoms with E-state index < -0.39 is 5.60 Å². The molecule has 0 unspecified atom stereocenters. The van der Waals surface area contributed by atoms with Gasteiger partial charge in [-0.25, -0.2) is 4.39 Å². The maximum atomic E-state index is 14.2. The van der Waals surface area contributed by atoms with Crippen molar-refractivity contribution in [2.24, 2.45) is 23.7 Å². The molecule has 0 radical (unpaired) electrons.